The Bertz CT molecular complexity index is 485. The summed E-state index contributed by atoms with van der Waals surface area (Å²) in [6.07, 6.45) is 2.35. The van der Waals surface area contributed by atoms with Gasteiger partial charge in [-0.3, -0.25) is 0 Å². The molecule has 0 saturated carbocycles. The highest BCUT2D eigenvalue weighted by Crippen LogP contribution is 2.34. The lowest BCUT2D eigenvalue weighted by atomic mass is 10.0. The van der Waals surface area contributed by atoms with Gasteiger partial charge in [-0.15, -0.1) is 0 Å². The molecule has 1 unspecified atom stereocenters. The number of esters is 1. The monoisotopic (exact) mass is 276 g/mol. The van der Waals surface area contributed by atoms with Gasteiger partial charge in [-0.1, -0.05) is 13.8 Å². The number of anilines is 2. The molecule has 0 aliphatic carbocycles. The van der Waals surface area contributed by atoms with Gasteiger partial charge in [0.05, 0.1) is 23.5 Å². The van der Waals surface area contributed by atoms with Gasteiger partial charge in [0.2, 0.25) is 0 Å². The number of rotatable bonds is 4. The predicted octanol–water partition coefficient (Wildman–Crippen LogP) is 3.07. The van der Waals surface area contributed by atoms with Crippen LogP contribution >= 0.6 is 0 Å². The molecule has 1 aliphatic heterocycles. The van der Waals surface area contributed by atoms with Crippen LogP contribution in [-0.4, -0.2) is 25.2 Å². The molecule has 0 radical (unpaired) electrons. The Balaban J connectivity index is 2.31. The SMILES string of the molecule is CCOC(=O)c1ccc(N)c(N2CCCC2C(C)C)c1. The van der Waals surface area contributed by atoms with Gasteiger partial charge in [-0.05, 0) is 43.9 Å². The number of nitrogens with zero attached hydrogens (tertiary/aromatic N) is 1. The Morgan fingerprint density at radius 1 is 1.50 bits per heavy atom. The first-order chi connectivity index (χ1) is 9.54. The fourth-order valence-corrected chi connectivity index (χ4v) is 2.92. The van der Waals surface area contributed by atoms with E-state index in [2.05, 4.69) is 18.7 Å². The van der Waals surface area contributed by atoms with E-state index in [-0.39, 0.29) is 5.97 Å². The van der Waals surface area contributed by atoms with Crippen LogP contribution < -0.4 is 10.6 Å². The number of carbonyl (C=O) groups excluding carboxylic acids is 1. The van der Waals surface area contributed by atoms with Crippen LogP contribution in [0.2, 0.25) is 0 Å². The van der Waals surface area contributed by atoms with Gasteiger partial charge in [-0.2, -0.15) is 0 Å². The van der Waals surface area contributed by atoms with E-state index in [0.717, 1.165) is 17.9 Å². The van der Waals surface area contributed by atoms with E-state index in [4.69, 9.17) is 10.5 Å². The van der Waals surface area contributed by atoms with Crippen LogP contribution in [-0.2, 0) is 4.74 Å². The molecule has 2 rings (SSSR count). The van der Waals surface area contributed by atoms with Gasteiger partial charge in [-0.25, -0.2) is 4.79 Å². The molecule has 1 aromatic carbocycles. The number of hydrogen-bond donors (Lipinski definition) is 1. The number of carbonyl (C=O) groups is 1. The largest absolute Gasteiger partial charge is 0.462 e. The van der Waals surface area contributed by atoms with Gasteiger partial charge in [0.15, 0.2) is 0 Å². The minimum absolute atomic E-state index is 0.283. The Morgan fingerprint density at radius 3 is 2.90 bits per heavy atom. The summed E-state index contributed by atoms with van der Waals surface area (Å²) in [7, 11) is 0. The van der Waals surface area contributed by atoms with Gasteiger partial charge in [0, 0.05) is 12.6 Å². The van der Waals surface area contributed by atoms with Crippen LogP contribution in [0.25, 0.3) is 0 Å². The Labute approximate surface area is 120 Å². The third-order valence-corrected chi connectivity index (χ3v) is 3.92. The average molecular weight is 276 g/mol. The second-order valence-corrected chi connectivity index (χ2v) is 5.64. The molecule has 1 saturated heterocycles. The maximum absolute atomic E-state index is 11.9. The average Bonchev–Trinajstić information content (AvgIpc) is 2.88. The lowest BCUT2D eigenvalue weighted by Crippen LogP contribution is -2.34. The molecule has 1 fully saturated rings. The summed E-state index contributed by atoms with van der Waals surface area (Å²) < 4.78 is 5.06. The fourth-order valence-electron chi connectivity index (χ4n) is 2.92. The van der Waals surface area contributed by atoms with E-state index in [9.17, 15) is 4.79 Å². The van der Waals surface area contributed by atoms with Crippen molar-refractivity contribution in [1.29, 1.82) is 0 Å². The minimum atomic E-state index is -0.283. The standard InChI is InChI=1S/C16H24N2O2/c1-4-20-16(19)12-7-8-13(17)15(10-12)18-9-5-6-14(18)11(2)3/h7-8,10-11,14H,4-6,9,17H2,1-3H3. The molecule has 4 heteroatoms. The van der Waals surface area contributed by atoms with Crippen molar-refractivity contribution in [2.75, 3.05) is 23.8 Å². The first-order valence-corrected chi connectivity index (χ1v) is 7.38. The van der Waals surface area contributed by atoms with Crippen LogP contribution in [0, 0.1) is 5.92 Å². The molecule has 0 bridgehead atoms. The van der Waals surface area contributed by atoms with Crippen LogP contribution in [0.5, 0.6) is 0 Å². The van der Waals surface area contributed by atoms with Crippen molar-refractivity contribution in [1.82, 2.24) is 0 Å². The van der Waals surface area contributed by atoms with E-state index in [1.807, 2.05) is 13.0 Å². The van der Waals surface area contributed by atoms with Crippen molar-refractivity contribution in [2.45, 2.75) is 39.7 Å². The van der Waals surface area contributed by atoms with E-state index in [1.165, 1.54) is 12.8 Å². The van der Waals surface area contributed by atoms with Gasteiger partial charge in [0.25, 0.3) is 0 Å². The highest BCUT2D eigenvalue weighted by atomic mass is 16.5. The van der Waals surface area contributed by atoms with Crippen molar-refractivity contribution in [3.63, 3.8) is 0 Å². The molecule has 0 spiro atoms. The highest BCUT2D eigenvalue weighted by Gasteiger charge is 2.28. The molecule has 110 valence electrons. The van der Waals surface area contributed by atoms with Crippen molar-refractivity contribution in [2.24, 2.45) is 5.92 Å². The van der Waals surface area contributed by atoms with Crippen molar-refractivity contribution >= 4 is 17.3 Å². The number of nitrogens with two attached hydrogens (primary N) is 1. The lowest BCUT2D eigenvalue weighted by molar-refractivity contribution is 0.0526. The summed E-state index contributed by atoms with van der Waals surface area (Å²) in [4.78, 5) is 14.2. The number of nitrogen functional groups attached to an aromatic ring is 1. The Hall–Kier alpha value is -1.71. The highest BCUT2D eigenvalue weighted by molar-refractivity contribution is 5.92. The van der Waals surface area contributed by atoms with E-state index >= 15 is 0 Å². The van der Waals surface area contributed by atoms with Gasteiger partial charge < -0.3 is 15.4 Å². The number of benzene rings is 1. The maximum Gasteiger partial charge on any atom is 0.338 e. The fraction of sp³-hybridized carbons (Fsp3) is 0.562. The first kappa shape index (κ1) is 14.7. The normalized spacial score (nSPS) is 18.6. The summed E-state index contributed by atoms with van der Waals surface area (Å²) in [6.45, 7) is 7.66. The van der Waals surface area contributed by atoms with Crippen molar-refractivity contribution in [3.05, 3.63) is 23.8 Å². The summed E-state index contributed by atoms with van der Waals surface area (Å²) in [5.41, 5.74) is 8.38. The molecule has 0 amide bonds. The van der Waals surface area contributed by atoms with Gasteiger partial charge >= 0.3 is 5.97 Å². The lowest BCUT2D eigenvalue weighted by Gasteiger charge is -2.31. The Kier molecular flexibility index (Phi) is 4.53. The van der Waals surface area contributed by atoms with E-state index in [0.29, 0.717) is 24.1 Å². The molecule has 2 N–H and O–H groups in total. The van der Waals surface area contributed by atoms with Crippen molar-refractivity contribution in [3.8, 4) is 0 Å². The molecule has 4 nitrogen and oxygen atoms in total. The zero-order valence-electron chi connectivity index (χ0n) is 12.6. The third kappa shape index (κ3) is 2.89. The molecule has 20 heavy (non-hydrogen) atoms. The second-order valence-electron chi connectivity index (χ2n) is 5.64. The van der Waals surface area contributed by atoms with Crippen LogP contribution in [0.3, 0.4) is 0 Å². The van der Waals surface area contributed by atoms with Crippen LogP contribution in [0.1, 0.15) is 44.0 Å². The zero-order chi connectivity index (χ0) is 14.7. The molecular formula is C16H24N2O2. The van der Waals surface area contributed by atoms with E-state index in [1.54, 1.807) is 12.1 Å². The Morgan fingerprint density at radius 2 is 2.25 bits per heavy atom. The second kappa shape index (κ2) is 6.16. The molecule has 1 aliphatic rings. The van der Waals surface area contributed by atoms with E-state index < -0.39 is 0 Å². The molecule has 1 heterocycles. The molecular weight excluding hydrogens is 252 g/mol. The maximum atomic E-state index is 11.9. The summed E-state index contributed by atoms with van der Waals surface area (Å²) in [6, 6.07) is 5.90. The topological polar surface area (TPSA) is 55.6 Å². The van der Waals surface area contributed by atoms with Gasteiger partial charge in [0.1, 0.15) is 0 Å². The smallest absolute Gasteiger partial charge is 0.338 e. The minimum Gasteiger partial charge on any atom is -0.462 e. The predicted molar refractivity (Wildman–Crippen MR) is 82.0 cm³/mol. The molecule has 0 aromatic heterocycles. The molecule has 1 aromatic rings. The number of ether oxygens (including phenoxy) is 1. The molecule has 1 atom stereocenters. The quantitative estimate of drug-likeness (QED) is 0.678. The number of hydrogen-bond acceptors (Lipinski definition) is 4. The van der Waals surface area contributed by atoms with Crippen LogP contribution in [0.15, 0.2) is 18.2 Å². The summed E-state index contributed by atoms with van der Waals surface area (Å²) in [5.74, 6) is 0.289. The summed E-state index contributed by atoms with van der Waals surface area (Å²) >= 11 is 0. The summed E-state index contributed by atoms with van der Waals surface area (Å²) in [5, 5.41) is 0. The first-order valence-electron chi connectivity index (χ1n) is 7.38. The van der Waals surface area contributed by atoms with Crippen LogP contribution in [0.4, 0.5) is 11.4 Å². The van der Waals surface area contributed by atoms with Crippen molar-refractivity contribution < 1.29 is 9.53 Å². The third-order valence-electron chi connectivity index (χ3n) is 3.92. The zero-order valence-corrected chi connectivity index (χ0v) is 12.6.